The summed E-state index contributed by atoms with van der Waals surface area (Å²) in [6.07, 6.45) is 0. The van der Waals surface area contributed by atoms with E-state index in [1.807, 2.05) is 13.8 Å². The number of nitrogens with two attached hydrogens (primary N) is 2. The maximum atomic E-state index is 13.8. The van der Waals surface area contributed by atoms with Gasteiger partial charge in [0.05, 0.1) is 17.1 Å². The summed E-state index contributed by atoms with van der Waals surface area (Å²) in [4.78, 5) is 0. The van der Waals surface area contributed by atoms with E-state index in [0.717, 1.165) is 0 Å². The van der Waals surface area contributed by atoms with E-state index in [2.05, 4.69) is 5.32 Å². The van der Waals surface area contributed by atoms with Gasteiger partial charge in [-0.2, -0.15) is 0 Å². The lowest BCUT2D eigenvalue weighted by molar-refractivity contribution is 0.226. The first-order valence-electron chi connectivity index (χ1n) is 5.28. The van der Waals surface area contributed by atoms with Crippen LogP contribution in [0.4, 0.5) is 21.5 Å². The minimum absolute atomic E-state index is 0.00159. The number of nitrogens with one attached hydrogen (secondary N) is 1. The molecule has 6 heteroatoms. The fraction of sp³-hybridized carbons (Fsp3) is 0.455. The van der Waals surface area contributed by atoms with Crippen molar-refractivity contribution < 1.29 is 9.50 Å². The van der Waals surface area contributed by atoms with E-state index in [1.54, 1.807) is 0 Å². The molecule has 1 aromatic rings. The topological polar surface area (TPSA) is 84.3 Å². The molecule has 6 N–H and O–H groups in total. The molecule has 17 heavy (non-hydrogen) atoms. The smallest absolute Gasteiger partial charge is 0.169 e. The molecule has 0 amide bonds. The van der Waals surface area contributed by atoms with Crippen LogP contribution in [0.1, 0.15) is 13.8 Å². The molecule has 0 saturated carbocycles. The van der Waals surface area contributed by atoms with Crippen molar-refractivity contribution in [2.75, 3.05) is 23.4 Å². The van der Waals surface area contributed by atoms with Gasteiger partial charge in [0.1, 0.15) is 5.02 Å². The van der Waals surface area contributed by atoms with E-state index < -0.39 is 5.82 Å². The van der Waals surface area contributed by atoms with Crippen LogP contribution >= 0.6 is 11.6 Å². The SMILES string of the molecule is CC(CO)C(C)Nc1c(N)cc(N)c(Cl)c1F. The van der Waals surface area contributed by atoms with E-state index in [0.29, 0.717) is 0 Å². The van der Waals surface area contributed by atoms with E-state index in [9.17, 15) is 4.39 Å². The number of nitrogen functional groups attached to an aromatic ring is 2. The molecular formula is C11H17ClFN3O. The van der Waals surface area contributed by atoms with Crippen molar-refractivity contribution in [3.8, 4) is 0 Å². The highest BCUT2D eigenvalue weighted by Gasteiger charge is 2.18. The average molecular weight is 262 g/mol. The molecule has 0 fully saturated rings. The molecule has 0 aliphatic carbocycles. The summed E-state index contributed by atoms with van der Waals surface area (Å²) in [5.41, 5.74) is 11.6. The van der Waals surface area contributed by atoms with E-state index >= 15 is 0 Å². The molecule has 2 atom stereocenters. The number of aliphatic hydroxyl groups excluding tert-OH is 1. The number of hydrogen-bond acceptors (Lipinski definition) is 4. The van der Waals surface area contributed by atoms with Crippen molar-refractivity contribution in [2.45, 2.75) is 19.9 Å². The third-order valence-electron chi connectivity index (χ3n) is 2.78. The van der Waals surface area contributed by atoms with E-state index in [4.69, 9.17) is 28.2 Å². The van der Waals surface area contributed by atoms with Crippen LogP contribution < -0.4 is 16.8 Å². The number of anilines is 3. The van der Waals surface area contributed by atoms with Gasteiger partial charge >= 0.3 is 0 Å². The highest BCUT2D eigenvalue weighted by Crippen LogP contribution is 2.34. The summed E-state index contributed by atoms with van der Waals surface area (Å²) >= 11 is 5.71. The summed E-state index contributed by atoms with van der Waals surface area (Å²) in [6, 6.07) is 1.26. The van der Waals surface area contributed by atoms with Crippen molar-refractivity contribution >= 4 is 28.7 Å². The molecule has 0 saturated heterocycles. The standard InChI is InChI=1S/C11H17ClFN3O/c1-5(4-17)6(2)16-11-8(15)3-7(14)9(12)10(11)13/h3,5-6,16-17H,4,14-15H2,1-2H3. The van der Waals surface area contributed by atoms with Gasteiger partial charge in [-0.1, -0.05) is 18.5 Å². The average Bonchev–Trinajstić information content (AvgIpc) is 2.30. The van der Waals surface area contributed by atoms with Crippen LogP contribution in [0, 0.1) is 11.7 Å². The first-order valence-corrected chi connectivity index (χ1v) is 5.66. The number of rotatable bonds is 4. The zero-order chi connectivity index (χ0) is 13.2. The number of aliphatic hydroxyl groups is 1. The molecule has 0 spiro atoms. The van der Waals surface area contributed by atoms with Crippen LogP contribution in [0.3, 0.4) is 0 Å². The van der Waals surface area contributed by atoms with Gasteiger partial charge in [-0.3, -0.25) is 0 Å². The summed E-state index contributed by atoms with van der Waals surface area (Å²) in [5.74, 6) is -0.703. The number of hydrogen-bond donors (Lipinski definition) is 4. The Morgan fingerprint density at radius 2 is 2.00 bits per heavy atom. The normalized spacial score (nSPS) is 14.4. The second-order valence-electron chi connectivity index (χ2n) is 4.15. The van der Waals surface area contributed by atoms with Crippen molar-refractivity contribution in [1.82, 2.24) is 0 Å². The lowest BCUT2D eigenvalue weighted by atomic mass is 10.0. The largest absolute Gasteiger partial charge is 0.397 e. The summed E-state index contributed by atoms with van der Waals surface area (Å²) in [7, 11) is 0. The van der Waals surface area contributed by atoms with Gasteiger partial charge in [0.15, 0.2) is 5.82 Å². The van der Waals surface area contributed by atoms with Crippen molar-refractivity contribution in [1.29, 1.82) is 0 Å². The molecule has 96 valence electrons. The van der Waals surface area contributed by atoms with Crippen LogP contribution in [0.15, 0.2) is 6.07 Å². The first kappa shape index (κ1) is 13.9. The summed E-state index contributed by atoms with van der Waals surface area (Å²) < 4.78 is 13.8. The lowest BCUT2D eigenvalue weighted by Crippen LogP contribution is -2.27. The fourth-order valence-electron chi connectivity index (χ4n) is 1.34. The molecule has 1 rings (SSSR count). The van der Waals surface area contributed by atoms with E-state index in [1.165, 1.54) is 6.07 Å². The molecular weight excluding hydrogens is 245 g/mol. The number of benzene rings is 1. The quantitative estimate of drug-likeness (QED) is 0.625. The van der Waals surface area contributed by atoms with E-state index in [-0.39, 0.29) is 40.7 Å². The van der Waals surface area contributed by atoms with Crippen LogP contribution in [0.2, 0.25) is 5.02 Å². The van der Waals surface area contributed by atoms with Crippen molar-refractivity contribution in [2.24, 2.45) is 5.92 Å². The van der Waals surface area contributed by atoms with Gasteiger partial charge in [0.25, 0.3) is 0 Å². The Hall–Kier alpha value is -1.20. The minimum Gasteiger partial charge on any atom is -0.397 e. The maximum absolute atomic E-state index is 13.8. The van der Waals surface area contributed by atoms with Gasteiger partial charge in [-0.25, -0.2) is 4.39 Å². The molecule has 1 aromatic carbocycles. The highest BCUT2D eigenvalue weighted by atomic mass is 35.5. The third-order valence-corrected chi connectivity index (χ3v) is 3.16. The predicted molar refractivity (Wildman–Crippen MR) is 69.6 cm³/mol. The molecule has 0 radical (unpaired) electrons. The molecule has 0 aliphatic rings. The third kappa shape index (κ3) is 2.92. The predicted octanol–water partition coefficient (Wildman–Crippen LogP) is 2.07. The van der Waals surface area contributed by atoms with Gasteiger partial charge in [-0.15, -0.1) is 0 Å². The first-order chi connectivity index (χ1) is 7.88. The van der Waals surface area contributed by atoms with Gasteiger partial charge in [0.2, 0.25) is 0 Å². The zero-order valence-corrected chi connectivity index (χ0v) is 10.6. The monoisotopic (exact) mass is 261 g/mol. The Morgan fingerprint density at radius 1 is 1.41 bits per heavy atom. The van der Waals surface area contributed by atoms with Gasteiger partial charge in [0, 0.05) is 12.6 Å². The Kier molecular flexibility index (Phi) is 4.42. The molecule has 0 aliphatic heterocycles. The Balaban J connectivity index is 3.03. The number of halogens is 2. The second kappa shape index (κ2) is 5.42. The Morgan fingerprint density at radius 3 is 2.53 bits per heavy atom. The maximum Gasteiger partial charge on any atom is 0.169 e. The van der Waals surface area contributed by atoms with Crippen molar-refractivity contribution in [3.63, 3.8) is 0 Å². The van der Waals surface area contributed by atoms with Crippen LogP contribution in [-0.2, 0) is 0 Å². The summed E-state index contributed by atoms with van der Waals surface area (Å²) in [5, 5.41) is 11.8. The summed E-state index contributed by atoms with van der Waals surface area (Å²) in [6.45, 7) is 3.66. The minimum atomic E-state index is -0.666. The molecule has 4 nitrogen and oxygen atoms in total. The highest BCUT2D eigenvalue weighted by molar-refractivity contribution is 6.33. The van der Waals surface area contributed by atoms with Crippen LogP contribution in [-0.4, -0.2) is 17.8 Å². The fourth-order valence-corrected chi connectivity index (χ4v) is 1.49. The molecule has 0 aromatic heterocycles. The molecule has 0 bridgehead atoms. The van der Waals surface area contributed by atoms with Crippen molar-refractivity contribution in [3.05, 3.63) is 16.9 Å². The van der Waals surface area contributed by atoms with Crippen LogP contribution in [0.25, 0.3) is 0 Å². The second-order valence-corrected chi connectivity index (χ2v) is 4.53. The van der Waals surface area contributed by atoms with Gasteiger partial charge < -0.3 is 21.9 Å². The Labute approximate surface area is 105 Å². The molecule has 0 heterocycles. The van der Waals surface area contributed by atoms with Gasteiger partial charge in [-0.05, 0) is 18.9 Å². The van der Waals surface area contributed by atoms with Crippen LogP contribution in [0.5, 0.6) is 0 Å². The Bertz CT molecular complexity index is 414. The lowest BCUT2D eigenvalue weighted by Gasteiger charge is -2.22. The molecule has 2 unspecified atom stereocenters. The zero-order valence-electron chi connectivity index (χ0n) is 9.80.